The summed E-state index contributed by atoms with van der Waals surface area (Å²) in [5.74, 6) is 1.32. The van der Waals surface area contributed by atoms with Gasteiger partial charge in [-0.2, -0.15) is 16.1 Å². The fourth-order valence-corrected chi connectivity index (χ4v) is 8.50. The van der Waals surface area contributed by atoms with Crippen molar-refractivity contribution in [3.8, 4) is 0 Å². The van der Waals surface area contributed by atoms with Gasteiger partial charge < -0.3 is 4.90 Å². The molecule has 1 aliphatic heterocycles. The number of para-hydroxylation sites is 1. The minimum absolute atomic E-state index is 0.0902. The maximum Gasteiger partial charge on any atom is 0.253 e. The molecule has 0 bridgehead atoms. The van der Waals surface area contributed by atoms with E-state index in [0.29, 0.717) is 18.0 Å². The number of hydrogen-bond acceptors (Lipinski definition) is 7. The normalized spacial score (nSPS) is 18.6. The molecule has 1 atom stereocenters. The summed E-state index contributed by atoms with van der Waals surface area (Å²) in [6.07, 6.45) is 3.64. The fourth-order valence-electron chi connectivity index (χ4n) is 3.79. The SMILES string of the molecule is CSCCCN1CC(N(CCC(C)C)c2ccccc2)c2cc(S(N)(=O)=O)sc2S1(=O)=O. The van der Waals surface area contributed by atoms with Crippen molar-refractivity contribution < 1.29 is 16.8 Å². The molecule has 0 amide bonds. The highest BCUT2D eigenvalue weighted by molar-refractivity contribution is 7.98. The average Bonchev–Trinajstić information content (AvgIpc) is 3.19. The Morgan fingerprint density at radius 3 is 2.56 bits per heavy atom. The molecular weight excluding hydrogens is 487 g/mol. The lowest BCUT2D eigenvalue weighted by Gasteiger charge is -2.40. The van der Waals surface area contributed by atoms with Crippen LogP contribution in [0, 0.1) is 5.92 Å². The van der Waals surface area contributed by atoms with Gasteiger partial charge >= 0.3 is 0 Å². The first-order chi connectivity index (χ1) is 15.1. The summed E-state index contributed by atoms with van der Waals surface area (Å²) in [6, 6.07) is 11.0. The lowest BCUT2D eigenvalue weighted by Crippen LogP contribution is -2.46. The molecule has 0 radical (unpaired) electrons. The number of rotatable bonds is 10. The van der Waals surface area contributed by atoms with Gasteiger partial charge in [0.15, 0.2) is 0 Å². The highest BCUT2D eigenvalue weighted by atomic mass is 32.3. The largest absolute Gasteiger partial charge is 0.363 e. The van der Waals surface area contributed by atoms with E-state index in [0.717, 1.165) is 42.2 Å². The lowest BCUT2D eigenvalue weighted by molar-refractivity contribution is 0.359. The first kappa shape index (κ1) is 25.5. The Kier molecular flexibility index (Phi) is 8.32. The Balaban J connectivity index is 2.12. The molecule has 2 heterocycles. The van der Waals surface area contributed by atoms with Crippen LogP contribution in [-0.2, 0) is 20.0 Å². The Bertz CT molecular complexity index is 1120. The van der Waals surface area contributed by atoms with E-state index in [2.05, 4.69) is 18.7 Å². The van der Waals surface area contributed by atoms with Crippen LogP contribution in [0.15, 0.2) is 44.8 Å². The molecule has 1 aliphatic rings. The van der Waals surface area contributed by atoms with Gasteiger partial charge in [0.1, 0.15) is 8.42 Å². The van der Waals surface area contributed by atoms with Crippen molar-refractivity contribution in [1.29, 1.82) is 0 Å². The molecule has 0 saturated heterocycles. The molecule has 1 aromatic carbocycles. The number of sulfonamides is 2. The zero-order chi connectivity index (χ0) is 23.5. The second kappa shape index (κ2) is 10.4. The van der Waals surface area contributed by atoms with E-state index in [9.17, 15) is 16.8 Å². The number of nitrogens with two attached hydrogens (primary N) is 1. The summed E-state index contributed by atoms with van der Waals surface area (Å²) < 4.78 is 52.4. The van der Waals surface area contributed by atoms with E-state index in [4.69, 9.17) is 5.14 Å². The molecule has 11 heteroatoms. The highest BCUT2D eigenvalue weighted by Gasteiger charge is 2.42. The molecule has 178 valence electrons. The van der Waals surface area contributed by atoms with Gasteiger partial charge in [-0.1, -0.05) is 32.0 Å². The minimum Gasteiger partial charge on any atom is -0.363 e. The molecule has 0 fully saturated rings. The van der Waals surface area contributed by atoms with E-state index in [1.807, 2.05) is 36.6 Å². The van der Waals surface area contributed by atoms with Gasteiger partial charge in [-0.15, -0.1) is 11.3 Å². The van der Waals surface area contributed by atoms with Crippen LogP contribution >= 0.6 is 23.1 Å². The quantitative estimate of drug-likeness (QED) is 0.482. The topological polar surface area (TPSA) is 101 Å². The summed E-state index contributed by atoms with van der Waals surface area (Å²) in [6.45, 7) is 5.70. The predicted molar refractivity (Wildman–Crippen MR) is 133 cm³/mol. The Hall–Kier alpha value is -1.11. The number of thioether (sulfide) groups is 1. The van der Waals surface area contributed by atoms with E-state index < -0.39 is 20.0 Å². The second-order valence-corrected chi connectivity index (χ2v) is 14.2. The summed E-state index contributed by atoms with van der Waals surface area (Å²) in [4.78, 5) is 2.20. The maximum atomic E-state index is 13.4. The maximum absolute atomic E-state index is 13.4. The van der Waals surface area contributed by atoms with Crippen LogP contribution in [0.4, 0.5) is 5.69 Å². The van der Waals surface area contributed by atoms with E-state index in [-0.39, 0.29) is 21.0 Å². The van der Waals surface area contributed by atoms with Crippen molar-refractivity contribution in [2.24, 2.45) is 11.1 Å². The first-order valence-electron chi connectivity index (χ1n) is 10.5. The molecular formula is C21H31N3O4S4. The molecule has 32 heavy (non-hydrogen) atoms. The van der Waals surface area contributed by atoms with Gasteiger partial charge in [0.05, 0.1) is 6.04 Å². The summed E-state index contributed by atoms with van der Waals surface area (Å²) in [7, 11) is -7.80. The Morgan fingerprint density at radius 2 is 1.97 bits per heavy atom. The van der Waals surface area contributed by atoms with Gasteiger partial charge in [0, 0.05) is 30.9 Å². The summed E-state index contributed by atoms with van der Waals surface area (Å²) in [5, 5.41) is 5.38. The Labute approximate surface area is 200 Å². The lowest BCUT2D eigenvalue weighted by atomic mass is 10.0. The van der Waals surface area contributed by atoms with Crippen LogP contribution < -0.4 is 10.0 Å². The molecule has 7 nitrogen and oxygen atoms in total. The number of benzene rings is 1. The zero-order valence-corrected chi connectivity index (χ0v) is 21.9. The number of primary sulfonamides is 1. The van der Waals surface area contributed by atoms with Crippen molar-refractivity contribution in [1.82, 2.24) is 4.31 Å². The molecule has 2 aromatic rings. The van der Waals surface area contributed by atoms with Crippen molar-refractivity contribution >= 4 is 48.8 Å². The van der Waals surface area contributed by atoms with Crippen molar-refractivity contribution in [3.05, 3.63) is 42.0 Å². The van der Waals surface area contributed by atoms with Crippen LogP contribution in [0.3, 0.4) is 0 Å². The Morgan fingerprint density at radius 1 is 1.28 bits per heavy atom. The number of nitrogens with zero attached hydrogens (tertiary/aromatic N) is 2. The van der Waals surface area contributed by atoms with Crippen molar-refractivity contribution in [2.75, 3.05) is 36.5 Å². The van der Waals surface area contributed by atoms with Crippen LogP contribution in [0.25, 0.3) is 0 Å². The molecule has 0 saturated carbocycles. The third-order valence-electron chi connectivity index (χ3n) is 5.46. The highest BCUT2D eigenvalue weighted by Crippen LogP contribution is 2.43. The predicted octanol–water partition coefficient (Wildman–Crippen LogP) is 3.75. The van der Waals surface area contributed by atoms with Gasteiger partial charge in [-0.05, 0) is 49.0 Å². The average molecular weight is 518 g/mol. The third kappa shape index (κ3) is 5.68. The summed E-state index contributed by atoms with van der Waals surface area (Å²) in [5.41, 5.74) is 1.50. The smallest absolute Gasteiger partial charge is 0.253 e. The second-order valence-electron chi connectivity index (χ2n) is 8.29. The van der Waals surface area contributed by atoms with E-state index in [1.54, 1.807) is 11.8 Å². The molecule has 1 unspecified atom stereocenters. The molecule has 1 aromatic heterocycles. The standard InChI is InChI=1S/C21H31N3O4S4/c1-16(2)10-12-24(17-8-5-4-6-9-17)19-15-23(11-7-13-29-3)32(27,28)21-18(19)14-20(30-21)31(22,25)26/h4-6,8-9,14,16,19H,7,10-13,15H2,1-3H3,(H2,22,25,26). The van der Waals surface area contributed by atoms with Gasteiger partial charge in [-0.25, -0.2) is 22.0 Å². The van der Waals surface area contributed by atoms with Crippen LogP contribution in [0.2, 0.25) is 0 Å². The summed E-state index contributed by atoms with van der Waals surface area (Å²) >= 11 is 2.43. The van der Waals surface area contributed by atoms with Crippen molar-refractivity contribution in [2.45, 2.75) is 41.1 Å². The van der Waals surface area contributed by atoms with E-state index >= 15 is 0 Å². The zero-order valence-electron chi connectivity index (χ0n) is 18.6. The van der Waals surface area contributed by atoms with E-state index in [1.165, 1.54) is 10.4 Å². The number of hydrogen-bond donors (Lipinski definition) is 1. The van der Waals surface area contributed by atoms with Crippen LogP contribution in [0.1, 0.15) is 38.3 Å². The monoisotopic (exact) mass is 517 g/mol. The fraction of sp³-hybridized carbons (Fsp3) is 0.524. The van der Waals surface area contributed by atoms with Crippen LogP contribution in [-0.4, -0.2) is 52.8 Å². The number of anilines is 1. The molecule has 0 spiro atoms. The molecule has 2 N–H and O–H groups in total. The molecule has 0 aliphatic carbocycles. The van der Waals surface area contributed by atoms with Gasteiger partial charge in [0.25, 0.3) is 10.0 Å². The van der Waals surface area contributed by atoms with Crippen molar-refractivity contribution in [3.63, 3.8) is 0 Å². The first-order valence-corrected chi connectivity index (χ1v) is 15.7. The van der Waals surface area contributed by atoms with Crippen LogP contribution in [0.5, 0.6) is 0 Å². The van der Waals surface area contributed by atoms with Gasteiger partial charge in [-0.3, -0.25) is 0 Å². The number of thiophene rings is 1. The molecule has 3 rings (SSSR count). The number of fused-ring (bicyclic) bond motifs is 1. The minimum atomic E-state index is -4.01. The third-order valence-corrected chi connectivity index (χ3v) is 11.1. The van der Waals surface area contributed by atoms with Gasteiger partial charge in [0.2, 0.25) is 10.0 Å².